The zero-order valence-corrected chi connectivity index (χ0v) is 10.8. The Labute approximate surface area is 112 Å². The second-order valence-corrected chi connectivity index (χ2v) is 4.44. The predicted octanol–water partition coefficient (Wildman–Crippen LogP) is 1.29. The summed E-state index contributed by atoms with van der Waals surface area (Å²) in [5.41, 5.74) is 6.18. The van der Waals surface area contributed by atoms with Crippen LogP contribution in [-0.2, 0) is 4.79 Å². The van der Waals surface area contributed by atoms with E-state index in [9.17, 15) is 9.59 Å². The predicted molar refractivity (Wildman–Crippen MR) is 71.8 cm³/mol. The lowest BCUT2D eigenvalue weighted by molar-refractivity contribution is -0.117. The summed E-state index contributed by atoms with van der Waals surface area (Å²) >= 11 is 0. The maximum atomic E-state index is 11.8. The number of carbonyl (C=O) groups excluding carboxylic acids is 2. The highest BCUT2D eigenvalue weighted by Gasteiger charge is 2.25. The number of ketones is 1. The van der Waals surface area contributed by atoms with Crippen molar-refractivity contribution < 1.29 is 9.59 Å². The van der Waals surface area contributed by atoms with Gasteiger partial charge in [0, 0.05) is 17.6 Å². The molecule has 0 heterocycles. The lowest BCUT2D eigenvalue weighted by atomic mass is 10.1. The van der Waals surface area contributed by atoms with E-state index in [1.807, 2.05) is 6.07 Å². The second-order valence-electron chi connectivity index (χ2n) is 4.44. The number of halogens is 1. The molecule has 1 saturated carbocycles. The van der Waals surface area contributed by atoms with Gasteiger partial charge in [0.15, 0.2) is 0 Å². The summed E-state index contributed by atoms with van der Waals surface area (Å²) in [5.74, 6) is -1.01. The number of Topliss-reactive ketones (excluding diaryl/α,β-unsaturated/α-hetero) is 1. The van der Waals surface area contributed by atoms with E-state index in [0.717, 1.165) is 19.3 Å². The van der Waals surface area contributed by atoms with E-state index < -0.39 is 11.7 Å². The largest absolute Gasteiger partial charge is 0.346 e. The fourth-order valence-corrected chi connectivity index (χ4v) is 2.12. The Kier molecular flexibility index (Phi) is 5.31. The van der Waals surface area contributed by atoms with Gasteiger partial charge in [-0.15, -0.1) is 12.4 Å². The van der Waals surface area contributed by atoms with E-state index in [4.69, 9.17) is 5.73 Å². The third-order valence-corrected chi connectivity index (χ3v) is 3.05. The molecule has 5 heteroatoms. The van der Waals surface area contributed by atoms with E-state index in [-0.39, 0.29) is 24.5 Å². The summed E-state index contributed by atoms with van der Waals surface area (Å²) in [7, 11) is 0. The van der Waals surface area contributed by atoms with Crippen molar-refractivity contribution in [2.75, 3.05) is 0 Å². The molecule has 4 nitrogen and oxygen atoms in total. The van der Waals surface area contributed by atoms with Crippen molar-refractivity contribution >= 4 is 24.1 Å². The van der Waals surface area contributed by atoms with Gasteiger partial charge in [-0.2, -0.15) is 0 Å². The van der Waals surface area contributed by atoms with E-state index in [0.29, 0.717) is 5.56 Å². The first-order valence-electron chi connectivity index (χ1n) is 5.82. The Bertz CT molecular complexity index is 422. The zero-order valence-electron chi connectivity index (χ0n) is 9.96. The standard InChI is InChI=1S/C13H16N2O2.ClH/c14-10-6-7-11(8-10)15-13(17)12(16)9-4-2-1-3-5-9;/h1-5,10-11H,6-8,14H2,(H,15,17);1H/t10-,11-;/m1./s1. The van der Waals surface area contributed by atoms with Crippen molar-refractivity contribution in [1.29, 1.82) is 0 Å². The van der Waals surface area contributed by atoms with Gasteiger partial charge in [-0.05, 0) is 19.3 Å². The lowest BCUT2D eigenvalue weighted by Gasteiger charge is -2.11. The zero-order chi connectivity index (χ0) is 12.3. The summed E-state index contributed by atoms with van der Waals surface area (Å²) < 4.78 is 0. The molecule has 1 amide bonds. The van der Waals surface area contributed by atoms with Crippen LogP contribution in [0.1, 0.15) is 29.6 Å². The molecule has 1 aliphatic rings. The first-order chi connectivity index (χ1) is 8.16. The molecule has 0 bridgehead atoms. The summed E-state index contributed by atoms with van der Waals surface area (Å²) in [5, 5.41) is 2.74. The molecule has 1 aromatic rings. The van der Waals surface area contributed by atoms with Crippen molar-refractivity contribution in [3.05, 3.63) is 35.9 Å². The third-order valence-electron chi connectivity index (χ3n) is 3.05. The third kappa shape index (κ3) is 3.55. The van der Waals surface area contributed by atoms with Gasteiger partial charge < -0.3 is 11.1 Å². The number of carbonyl (C=O) groups is 2. The van der Waals surface area contributed by atoms with Crippen LogP contribution >= 0.6 is 12.4 Å². The highest BCUT2D eigenvalue weighted by Crippen LogP contribution is 2.17. The van der Waals surface area contributed by atoms with Crippen LogP contribution in [0.15, 0.2) is 30.3 Å². The molecule has 0 radical (unpaired) electrons. The summed E-state index contributed by atoms with van der Waals surface area (Å²) in [4.78, 5) is 23.5. The molecule has 18 heavy (non-hydrogen) atoms. The van der Waals surface area contributed by atoms with Crippen molar-refractivity contribution in [2.45, 2.75) is 31.3 Å². The van der Waals surface area contributed by atoms with Gasteiger partial charge in [0.05, 0.1) is 0 Å². The SMILES string of the molecule is Cl.N[C@@H]1CC[C@@H](NC(=O)C(=O)c2ccccc2)C1. The van der Waals surface area contributed by atoms with Crippen LogP contribution < -0.4 is 11.1 Å². The number of nitrogens with one attached hydrogen (secondary N) is 1. The average Bonchev–Trinajstić information content (AvgIpc) is 2.75. The number of hydrogen-bond donors (Lipinski definition) is 2. The molecular weight excluding hydrogens is 252 g/mol. The molecule has 0 saturated heterocycles. The molecule has 1 fully saturated rings. The van der Waals surface area contributed by atoms with Gasteiger partial charge >= 0.3 is 0 Å². The highest BCUT2D eigenvalue weighted by molar-refractivity contribution is 6.42. The Morgan fingerprint density at radius 2 is 1.83 bits per heavy atom. The van der Waals surface area contributed by atoms with Gasteiger partial charge in [-0.3, -0.25) is 9.59 Å². The van der Waals surface area contributed by atoms with E-state index in [1.165, 1.54) is 0 Å². The summed E-state index contributed by atoms with van der Waals surface area (Å²) in [6.07, 6.45) is 2.52. The number of rotatable bonds is 3. The maximum Gasteiger partial charge on any atom is 0.292 e. The molecule has 2 rings (SSSR count). The smallest absolute Gasteiger partial charge is 0.292 e. The Balaban J connectivity index is 0.00000162. The van der Waals surface area contributed by atoms with Gasteiger partial charge in [-0.25, -0.2) is 0 Å². The van der Waals surface area contributed by atoms with Crippen LogP contribution in [0.5, 0.6) is 0 Å². The van der Waals surface area contributed by atoms with Crippen LogP contribution in [-0.4, -0.2) is 23.8 Å². The molecule has 2 atom stereocenters. The molecule has 0 aromatic heterocycles. The van der Waals surface area contributed by atoms with Gasteiger partial charge in [-0.1, -0.05) is 30.3 Å². The van der Waals surface area contributed by atoms with E-state index in [1.54, 1.807) is 24.3 Å². The van der Waals surface area contributed by atoms with Crippen LogP contribution in [0, 0.1) is 0 Å². The van der Waals surface area contributed by atoms with E-state index >= 15 is 0 Å². The molecular formula is C13H17ClN2O2. The van der Waals surface area contributed by atoms with Crippen molar-refractivity contribution in [3.63, 3.8) is 0 Å². The lowest BCUT2D eigenvalue weighted by Crippen LogP contribution is -2.38. The average molecular weight is 269 g/mol. The van der Waals surface area contributed by atoms with Crippen molar-refractivity contribution in [2.24, 2.45) is 5.73 Å². The minimum absolute atomic E-state index is 0. The quantitative estimate of drug-likeness (QED) is 0.641. The normalized spacial score (nSPS) is 22.1. The Hall–Kier alpha value is -1.39. The van der Waals surface area contributed by atoms with Crippen LogP contribution in [0.2, 0.25) is 0 Å². The molecule has 0 unspecified atom stereocenters. The fraction of sp³-hybridized carbons (Fsp3) is 0.385. The maximum absolute atomic E-state index is 11.8. The number of nitrogens with two attached hydrogens (primary N) is 1. The minimum Gasteiger partial charge on any atom is -0.346 e. The van der Waals surface area contributed by atoms with Crippen LogP contribution in [0.25, 0.3) is 0 Å². The number of amides is 1. The Morgan fingerprint density at radius 3 is 2.39 bits per heavy atom. The first-order valence-corrected chi connectivity index (χ1v) is 5.82. The molecule has 98 valence electrons. The Morgan fingerprint density at radius 1 is 1.17 bits per heavy atom. The molecule has 3 N–H and O–H groups in total. The fourth-order valence-electron chi connectivity index (χ4n) is 2.12. The topological polar surface area (TPSA) is 72.2 Å². The van der Waals surface area contributed by atoms with Gasteiger partial charge in [0.25, 0.3) is 5.91 Å². The van der Waals surface area contributed by atoms with Gasteiger partial charge in [0.1, 0.15) is 0 Å². The van der Waals surface area contributed by atoms with E-state index in [2.05, 4.69) is 5.32 Å². The molecule has 0 spiro atoms. The monoisotopic (exact) mass is 268 g/mol. The van der Waals surface area contributed by atoms with Gasteiger partial charge in [0.2, 0.25) is 5.78 Å². The summed E-state index contributed by atoms with van der Waals surface area (Å²) in [6, 6.07) is 8.77. The molecule has 1 aromatic carbocycles. The summed E-state index contributed by atoms with van der Waals surface area (Å²) in [6.45, 7) is 0. The van der Waals surface area contributed by atoms with Crippen molar-refractivity contribution in [3.8, 4) is 0 Å². The van der Waals surface area contributed by atoms with Crippen LogP contribution in [0.4, 0.5) is 0 Å². The van der Waals surface area contributed by atoms with Crippen molar-refractivity contribution in [1.82, 2.24) is 5.32 Å². The number of hydrogen-bond acceptors (Lipinski definition) is 3. The van der Waals surface area contributed by atoms with Crippen LogP contribution in [0.3, 0.4) is 0 Å². The molecule has 0 aliphatic heterocycles. The second kappa shape index (κ2) is 6.52. The number of benzene rings is 1. The molecule has 1 aliphatic carbocycles. The minimum atomic E-state index is -0.532. The first kappa shape index (κ1) is 14.7. The highest BCUT2D eigenvalue weighted by atomic mass is 35.5.